The minimum Gasteiger partial charge on any atom is -0.271 e. The SMILES string of the molecule is CCCCC(NN)c1ccc2nccnc2c1. The third-order valence-corrected chi connectivity index (χ3v) is 2.94. The topological polar surface area (TPSA) is 63.8 Å². The lowest BCUT2D eigenvalue weighted by atomic mass is 10.0. The molecule has 0 saturated carbocycles. The van der Waals surface area contributed by atoms with Gasteiger partial charge in [0.25, 0.3) is 0 Å². The Hall–Kier alpha value is -1.52. The van der Waals surface area contributed by atoms with E-state index in [0.717, 1.165) is 23.9 Å². The van der Waals surface area contributed by atoms with Crippen molar-refractivity contribution in [3.63, 3.8) is 0 Å². The molecule has 0 aliphatic heterocycles. The van der Waals surface area contributed by atoms with Gasteiger partial charge in [0.1, 0.15) is 0 Å². The van der Waals surface area contributed by atoms with Gasteiger partial charge in [0.15, 0.2) is 0 Å². The number of nitrogens with one attached hydrogen (secondary N) is 1. The molecule has 1 aromatic heterocycles. The van der Waals surface area contributed by atoms with Gasteiger partial charge in [0, 0.05) is 18.4 Å². The molecule has 1 heterocycles. The number of hydrogen-bond donors (Lipinski definition) is 2. The maximum absolute atomic E-state index is 5.60. The molecule has 0 fully saturated rings. The second-order valence-corrected chi connectivity index (χ2v) is 4.17. The fraction of sp³-hybridized carbons (Fsp3) is 0.385. The zero-order valence-electron chi connectivity index (χ0n) is 10.1. The number of hydrogen-bond acceptors (Lipinski definition) is 4. The number of aromatic nitrogens is 2. The first-order valence-electron chi connectivity index (χ1n) is 6.02. The van der Waals surface area contributed by atoms with Crippen molar-refractivity contribution in [3.8, 4) is 0 Å². The molecule has 0 aliphatic carbocycles. The van der Waals surface area contributed by atoms with Crippen molar-refractivity contribution < 1.29 is 0 Å². The largest absolute Gasteiger partial charge is 0.271 e. The molecule has 1 atom stereocenters. The molecule has 0 spiro atoms. The van der Waals surface area contributed by atoms with Crippen molar-refractivity contribution >= 4 is 11.0 Å². The highest BCUT2D eigenvalue weighted by Crippen LogP contribution is 2.21. The highest BCUT2D eigenvalue weighted by Gasteiger charge is 2.09. The van der Waals surface area contributed by atoms with Crippen molar-refractivity contribution in [1.29, 1.82) is 0 Å². The molecule has 3 N–H and O–H groups in total. The van der Waals surface area contributed by atoms with E-state index in [9.17, 15) is 0 Å². The lowest BCUT2D eigenvalue weighted by molar-refractivity contribution is 0.495. The van der Waals surface area contributed by atoms with Crippen LogP contribution in [0.3, 0.4) is 0 Å². The number of rotatable bonds is 5. The summed E-state index contributed by atoms with van der Waals surface area (Å²) < 4.78 is 0. The van der Waals surface area contributed by atoms with E-state index in [4.69, 9.17) is 5.84 Å². The van der Waals surface area contributed by atoms with Gasteiger partial charge in [-0.25, -0.2) is 0 Å². The molecule has 90 valence electrons. The Kier molecular flexibility index (Phi) is 4.01. The van der Waals surface area contributed by atoms with Gasteiger partial charge in [-0.05, 0) is 24.1 Å². The summed E-state index contributed by atoms with van der Waals surface area (Å²) in [5, 5.41) is 0. The van der Waals surface area contributed by atoms with Crippen LogP contribution in [-0.2, 0) is 0 Å². The van der Waals surface area contributed by atoms with Crippen LogP contribution in [0, 0.1) is 0 Å². The lowest BCUT2D eigenvalue weighted by Gasteiger charge is -2.16. The van der Waals surface area contributed by atoms with Crippen LogP contribution in [0.1, 0.15) is 37.8 Å². The predicted octanol–water partition coefficient (Wildman–Crippen LogP) is 2.32. The van der Waals surface area contributed by atoms with Crippen molar-refractivity contribution in [2.75, 3.05) is 0 Å². The van der Waals surface area contributed by atoms with E-state index in [0.29, 0.717) is 0 Å². The first-order chi connectivity index (χ1) is 8.35. The minimum atomic E-state index is 0.196. The van der Waals surface area contributed by atoms with Crippen LogP contribution >= 0.6 is 0 Å². The Morgan fingerprint density at radius 3 is 2.71 bits per heavy atom. The van der Waals surface area contributed by atoms with Crippen LogP contribution < -0.4 is 11.3 Å². The van der Waals surface area contributed by atoms with E-state index in [1.807, 2.05) is 6.07 Å². The molecule has 4 heteroatoms. The Morgan fingerprint density at radius 2 is 2.00 bits per heavy atom. The lowest BCUT2D eigenvalue weighted by Crippen LogP contribution is -2.27. The van der Waals surface area contributed by atoms with Gasteiger partial charge in [0.05, 0.1) is 11.0 Å². The summed E-state index contributed by atoms with van der Waals surface area (Å²) in [7, 11) is 0. The molecule has 0 saturated heterocycles. The highest BCUT2D eigenvalue weighted by atomic mass is 15.2. The molecule has 2 rings (SSSR count). The van der Waals surface area contributed by atoms with Gasteiger partial charge < -0.3 is 0 Å². The fourth-order valence-corrected chi connectivity index (χ4v) is 1.95. The summed E-state index contributed by atoms with van der Waals surface area (Å²) in [4.78, 5) is 8.56. The van der Waals surface area contributed by atoms with Crippen LogP contribution in [0.2, 0.25) is 0 Å². The number of nitrogens with zero attached hydrogens (tertiary/aromatic N) is 2. The van der Waals surface area contributed by atoms with Gasteiger partial charge in [-0.2, -0.15) is 0 Å². The molecular formula is C13H18N4. The zero-order valence-corrected chi connectivity index (χ0v) is 10.1. The van der Waals surface area contributed by atoms with E-state index < -0.39 is 0 Å². The van der Waals surface area contributed by atoms with Crippen molar-refractivity contribution in [1.82, 2.24) is 15.4 Å². The number of hydrazine groups is 1. The second-order valence-electron chi connectivity index (χ2n) is 4.17. The molecule has 17 heavy (non-hydrogen) atoms. The number of nitrogens with two attached hydrogens (primary N) is 1. The number of unbranched alkanes of at least 4 members (excludes halogenated alkanes) is 1. The second kappa shape index (κ2) is 5.70. The molecule has 0 bridgehead atoms. The number of benzene rings is 1. The van der Waals surface area contributed by atoms with Crippen LogP contribution in [0.5, 0.6) is 0 Å². The smallest absolute Gasteiger partial charge is 0.0890 e. The molecule has 1 aromatic carbocycles. The third-order valence-electron chi connectivity index (χ3n) is 2.94. The first kappa shape index (κ1) is 12.0. The van der Waals surface area contributed by atoms with Crippen molar-refractivity contribution in [2.24, 2.45) is 5.84 Å². The maximum Gasteiger partial charge on any atom is 0.0890 e. The quantitative estimate of drug-likeness (QED) is 0.611. The van der Waals surface area contributed by atoms with E-state index in [-0.39, 0.29) is 6.04 Å². The maximum atomic E-state index is 5.60. The van der Waals surface area contributed by atoms with Crippen LogP contribution in [0.4, 0.5) is 0 Å². The van der Waals surface area contributed by atoms with E-state index in [2.05, 4.69) is 34.5 Å². The summed E-state index contributed by atoms with van der Waals surface area (Å²) in [5.41, 5.74) is 5.88. The molecule has 0 radical (unpaired) electrons. The monoisotopic (exact) mass is 230 g/mol. The predicted molar refractivity (Wildman–Crippen MR) is 69.1 cm³/mol. The minimum absolute atomic E-state index is 0.196. The molecular weight excluding hydrogens is 212 g/mol. The average Bonchev–Trinajstić information content (AvgIpc) is 2.39. The average molecular weight is 230 g/mol. The van der Waals surface area contributed by atoms with Crippen molar-refractivity contribution in [2.45, 2.75) is 32.2 Å². The molecule has 2 aromatic rings. The fourth-order valence-electron chi connectivity index (χ4n) is 1.95. The van der Waals surface area contributed by atoms with Crippen molar-refractivity contribution in [3.05, 3.63) is 36.2 Å². The molecule has 0 amide bonds. The van der Waals surface area contributed by atoms with Crippen LogP contribution in [-0.4, -0.2) is 9.97 Å². The van der Waals surface area contributed by atoms with Crippen LogP contribution in [0.25, 0.3) is 11.0 Å². The summed E-state index contributed by atoms with van der Waals surface area (Å²) in [6.07, 6.45) is 6.79. The third kappa shape index (κ3) is 2.78. The summed E-state index contributed by atoms with van der Waals surface area (Å²) in [5.74, 6) is 5.60. The molecule has 4 nitrogen and oxygen atoms in total. The van der Waals surface area contributed by atoms with Gasteiger partial charge in [0.2, 0.25) is 0 Å². The van der Waals surface area contributed by atoms with Gasteiger partial charge in [-0.1, -0.05) is 25.8 Å². The summed E-state index contributed by atoms with van der Waals surface area (Å²) in [6.45, 7) is 2.18. The summed E-state index contributed by atoms with van der Waals surface area (Å²) in [6, 6.07) is 6.31. The zero-order chi connectivity index (χ0) is 12.1. The Balaban J connectivity index is 2.27. The van der Waals surface area contributed by atoms with Gasteiger partial charge >= 0.3 is 0 Å². The molecule has 1 unspecified atom stereocenters. The Labute approximate surface area is 101 Å². The Bertz CT molecular complexity index is 484. The molecule has 0 aliphatic rings. The van der Waals surface area contributed by atoms with Crippen LogP contribution in [0.15, 0.2) is 30.6 Å². The first-order valence-corrected chi connectivity index (χ1v) is 6.02. The summed E-state index contributed by atoms with van der Waals surface area (Å²) >= 11 is 0. The van der Waals surface area contributed by atoms with E-state index >= 15 is 0 Å². The normalized spacial score (nSPS) is 12.8. The Morgan fingerprint density at radius 1 is 1.24 bits per heavy atom. The van der Waals surface area contributed by atoms with E-state index in [1.165, 1.54) is 12.0 Å². The number of fused-ring (bicyclic) bond motifs is 1. The van der Waals surface area contributed by atoms with Gasteiger partial charge in [-0.3, -0.25) is 21.2 Å². The van der Waals surface area contributed by atoms with Gasteiger partial charge in [-0.15, -0.1) is 0 Å². The van der Waals surface area contributed by atoms with E-state index in [1.54, 1.807) is 12.4 Å². The highest BCUT2D eigenvalue weighted by molar-refractivity contribution is 5.74. The standard InChI is InChI=1S/C13H18N4/c1-2-3-4-11(17-14)10-5-6-12-13(9-10)16-8-7-15-12/h5-9,11,17H,2-4,14H2,1H3.